The molecule has 0 saturated carbocycles. The molecule has 4 nitrogen and oxygen atoms in total. The summed E-state index contributed by atoms with van der Waals surface area (Å²) in [7, 11) is 0. The van der Waals surface area contributed by atoms with E-state index in [1.165, 1.54) is 16.5 Å². The topological polar surface area (TPSA) is 30.3 Å². The summed E-state index contributed by atoms with van der Waals surface area (Å²) in [6, 6.07) is 6.51. The SMILES string of the molecule is Cc1ccc2cnn(CCCN3CCOCC3)c2c1. The van der Waals surface area contributed by atoms with Gasteiger partial charge in [0.15, 0.2) is 0 Å². The van der Waals surface area contributed by atoms with E-state index < -0.39 is 0 Å². The molecule has 0 atom stereocenters. The van der Waals surface area contributed by atoms with Crippen molar-refractivity contribution in [2.75, 3.05) is 32.8 Å². The first kappa shape index (κ1) is 12.6. The number of nitrogens with zero attached hydrogens (tertiary/aromatic N) is 3. The molecule has 0 radical (unpaired) electrons. The monoisotopic (exact) mass is 259 g/mol. The molecule has 0 bridgehead atoms. The molecule has 0 amide bonds. The molecular formula is C15H21N3O. The molecule has 102 valence electrons. The van der Waals surface area contributed by atoms with Crippen molar-refractivity contribution in [1.82, 2.24) is 14.7 Å². The van der Waals surface area contributed by atoms with Crippen LogP contribution in [0, 0.1) is 6.92 Å². The van der Waals surface area contributed by atoms with Gasteiger partial charge >= 0.3 is 0 Å². The zero-order valence-electron chi connectivity index (χ0n) is 11.5. The standard InChI is InChI=1S/C15H21N3O/c1-13-3-4-14-12-16-18(15(14)11-13)6-2-5-17-7-9-19-10-8-17/h3-4,11-12H,2,5-10H2,1H3. The van der Waals surface area contributed by atoms with E-state index in [0.717, 1.165) is 45.8 Å². The van der Waals surface area contributed by atoms with E-state index in [9.17, 15) is 0 Å². The van der Waals surface area contributed by atoms with Gasteiger partial charge in [-0.25, -0.2) is 0 Å². The molecule has 0 aliphatic carbocycles. The van der Waals surface area contributed by atoms with Crippen LogP contribution in [0.4, 0.5) is 0 Å². The molecule has 4 heteroatoms. The maximum absolute atomic E-state index is 5.36. The largest absolute Gasteiger partial charge is 0.379 e. The lowest BCUT2D eigenvalue weighted by atomic mass is 10.2. The molecule has 1 saturated heterocycles. The van der Waals surface area contributed by atoms with Gasteiger partial charge in [-0.05, 0) is 25.0 Å². The fraction of sp³-hybridized carbons (Fsp3) is 0.533. The van der Waals surface area contributed by atoms with Crippen LogP contribution in [0.3, 0.4) is 0 Å². The maximum atomic E-state index is 5.36. The highest BCUT2D eigenvalue weighted by Crippen LogP contribution is 2.15. The Bertz CT molecular complexity index is 543. The van der Waals surface area contributed by atoms with Crippen molar-refractivity contribution in [3.63, 3.8) is 0 Å². The van der Waals surface area contributed by atoms with Gasteiger partial charge in [0.05, 0.1) is 24.9 Å². The molecule has 3 rings (SSSR count). The highest BCUT2D eigenvalue weighted by atomic mass is 16.5. The quantitative estimate of drug-likeness (QED) is 0.842. The predicted molar refractivity (Wildman–Crippen MR) is 76.3 cm³/mol. The van der Waals surface area contributed by atoms with E-state index in [1.807, 2.05) is 6.20 Å². The van der Waals surface area contributed by atoms with Crippen LogP contribution < -0.4 is 0 Å². The van der Waals surface area contributed by atoms with Crippen LogP contribution in [0.1, 0.15) is 12.0 Å². The Balaban J connectivity index is 1.60. The summed E-state index contributed by atoms with van der Waals surface area (Å²) in [5.41, 5.74) is 2.55. The summed E-state index contributed by atoms with van der Waals surface area (Å²) >= 11 is 0. The van der Waals surface area contributed by atoms with Crippen molar-refractivity contribution in [3.8, 4) is 0 Å². The van der Waals surface area contributed by atoms with Gasteiger partial charge in [0.25, 0.3) is 0 Å². The number of rotatable bonds is 4. The molecule has 1 aliphatic heterocycles. The van der Waals surface area contributed by atoms with Crippen LogP contribution in [0.5, 0.6) is 0 Å². The Labute approximate surface area is 114 Å². The summed E-state index contributed by atoms with van der Waals surface area (Å²) in [5, 5.41) is 5.73. The Morgan fingerprint density at radius 2 is 2.05 bits per heavy atom. The molecule has 2 heterocycles. The molecular weight excluding hydrogens is 238 g/mol. The molecule has 1 aromatic heterocycles. The fourth-order valence-corrected chi connectivity index (χ4v) is 2.63. The van der Waals surface area contributed by atoms with Gasteiger partial charge < -0.3 is 4.74 Å². The summed E-state index contributed by atoms with van der Waals surface area (Å²) in [6.45, 7) is 8.15. The third kappa shape index (κ3) is 2.96. The average molecular weight is 259 g/mol. The Morgan fingerprint density at radius 1 is 1.21 bits per heavy atom. The molecule has 0 N–H and O–H groups in total. The average Bonchev–Trinajstić information content (AvgIpc) is 2.83. The number of aryl methyl sites for hydroxylation is 2. The van der Waals surface area contributed by atoms with Crippen LogP contribution in [0.15, 0.2) is 24.4 Å². The van der Waals surface area contributed by atoms with Gasteiger partial charge in [0.1, 0.15) is 0 Å². The Kier molecular flexibility index (Phi) is 3.80. The minimum absolute atomic E-state index is 0.879. The zero-order valence-corrected chi connectivity index (χ0v) is 11.5. The molecule has 2 aromatic rings. The van der Waals surface area contributed by atoms with Gasteiger partial charge in [-0.1, -0.05) is 12.1 Å². The van der Waals surface area contributed by atoms with Crippen LogP contribution in [-0.2, 0) is 11.3 Å². The van der Waals surface area contributed by atoms with Gasteiger partial charge in [0, 0.05) is 31.6 Å². The second kappa shape index (κ2) is 5.72. The lowest BCUT2D eigenvalue weighted by Gasteiger charge is -2.26. The van der Waals surface area contributed by atoms with Gasteiger partial charge in [-0.15, -0.1) is 0 Å². The number of fused-ring (bicyclic) bond motifs is 1. The minimum atomic E-state index is 0.879. The van der Waals surface area contributed by atoms with Crippen LogP contribution in [0.2, 0.25) is 0 Å². The first-order chi connectivity index (χ1) is 9.33. The third-order valence-corrected chi connectivity index (χ3v) is 3.75. The van der Waals surface area contributed by atoms with Crippen LogP contribution in [-0.4, -0.2) is 47.5 Å². The van der Waals surface area contributed by atoms with Crippen molar-refractivity contribution in [1.29, 1.82) is 0 Å². The van der Waals surface area contributed by atoms with Gasteiger partial charge in [0.2, 0.25) is 0 Å². The number of hydrogen-bond acceptors (Lipinski definition) is 3. The summed E-state index contributed by atoms with van der Waals surface area (Å²) in [6.07, 6.45) is 3.11. The van der Waals surface area contributed by atoms with E-state index in [-0.39, 0.29) is 0 Å². The summed E-state index contributed by atoms with van der Waals surface area (Å²) in [5.74, 6) is 0. The Hall–Kier alpha value is -1.39. The second-order valence-corrected chi connectivity index (χ2v) is 5.24. The molecule has 19 heavy (non-hydrogen) atoms. The van der Waals surface area contributed by atoms with Crippen molar-refractivity contribution in [3.05, 3.63) is 30.0 Å². The number of hydrogen-bond donors (Lipinski definition) is 0. The lowest BCUT2D eigenvalue weighted by molar-refractivity contribution is 0.0368. The molecule has 1 aromatic carbocycles. The van der Waals surface area contributed by atoms with Crippen LogP contribution >= 0.6 is 0 Å². The van der Waals surface area contributed by atoms with E-state index in [2.05, 4.69) is 39.8 Å². The smallest absolute Gasteiger partial charge is 0.0685 e. The van der Waals surface area contributed by atoms with Gasteiger partial charge in [-0.3, -0.25) is 9.58 Å². The van der Waals surface area contributed by atoms with Crippen molar-refractivity contribution in [2.45, 2.75) is 19.9 Å². The van der Waals surface area contributed by atoms with Crippen molar-refractivity contribution >= 4 is 10.9 Å². The van der Waals surface area contributed by atoms with E-state index in [0.29, 0.717) is 0 Å². The van der Waals surface area contributed by atoms with E-state index in [1.54, 1.807) is 0 Å². The summed E-state index contributed by atoms with van der Waals surface area (Å²) in [4.78, 5) is 2.47. The highest BCUT2D eigenvalue weighted by molar-refractivity contribution is 5.79. The first-order valence-electron chi connectivity index (χ1n) is 7.05. The number of benzene rings is 1. The highest BCUT2D eigenvalue weighted by Gasteiger charge is 2.10. The summed E-state index contributed by atoms with van der Waals surface area (Å²) < 4.78 is 7.49. The van der Waals surface area contributed by atoms with Crippen molar-refractivity contribution in [2.24, 2.45) is 0 Å². The van der Waals surface area contributed by atoms with Crippen molar-refractivity contribution < 1.29 is 4.74 Å². The lowest BCUT2D eigenvalue weighted by Crippen LogP contribution is -2.37. The molecule has 0 unspecified atom stereocenters. The fourth-order valence-electron chi connectivity index (χ4n) is 2.63. The van der Waals surface area contributed by atoms with Crippen LogP contribution in [0.25, 0.3) is 10.9 Å². The second-order valence-electron chi connectivity index (χ2n) is 5.24. The predicted octanol–water partition coefficient (Wildman–Crippen LogP) is 2.07. The maximum Gasteiger partial charge on any atom is 0.0685 e. The normalized spacial score (nSPS) is 17.1. The molecule has 1 fully saturated rings. The zero-order chi connectivity index (χ0) is 13.1. The van der Waals surface area contributed by atoms with E-state index in [4.69, 9.17) is 4.74 Å². The number of ether oxygens (including phenoxy) is 1. The molecule has 0 spiro atoms. The molecule has 1 aliphatic rings. The van der Waals surface area contributed by atoms with E-state index >= 15 is 0 Å². The Morgan fingerprint density at radius 3 is 2.89 bits per heavy atom. The number of aromatic nitrogens is 2. The first-order valence-corrected chi connectivity index (χ1v) is 7.05. The number of morpholine rings is 1. The third-order valence-electron chi connectivity index (χ3n) is 3.75. The van der Waals surface area contributed by atoms with Gasteiger partial charge in [-0.2, -0.15) is 5.10 Å². The minimum Gasteiger partial charge on any atom is -0.379 e.